The Morgan fingerprint density at radius 1 is 0.725 bits per heavy atom. The molecule has 2 fully saturated rings. The van der Waals surface area contributed by atoms with Crippen LogP contribution < -0.4 is 4.74 Å². The maximum Gasteiger partial charge on any atom is 0.460 e. The average molecular weight is 597 g/mol. The molecule has 2 aliphatic carbocycles. The Morgan fingerprint density at radius 2 is 1.25 bits per heavy atom. The van der Waals surface area contributed by atoms with Crippen LogP contribution in [0.2, 0.25) is 0 Å². The summed E-state index contributed by atoms with van der Waals surface area (Å²) in [5.74, 6) is -31.1. The maximum atomic E-state index is 14.4. The minimum Gasteiger partial charge on any atom is -0.426 e. The number of alkyl halides is 11. The second kappa shape index (κ2) is 11.7. The third kappa shape index (κ3) is 6.07. The van der Waals surface area contributed by atoms with Gasteiger partial charge in [0.15, 0.2) is 0 Å². The van der Waals surface area contributed by atoms with Crippen LogP contribution in [0.25, 0.3) is 0 Å². The van der Waals surface area contributed by atoms with Crippen molar-refractivity contribution in [3.63, 3.8) is 0 Å². The summed E-state index contributed by atoms with van der Waals surface area (Å²) in [5, 5.41) is 0. The molecular weight excluding hydrogens is 565 g/mol. The molecule has 0 unspecified atom stereocenters. The van der Waals surface area contributed by atoms with Gasteiger partial charge in [0.05, 0.1) is 5.92 Å². The third-order valence-electron chi connectivity index (χ3n) is 8.25. The van der Waals surface area contributed by atoms with Crippen LogP contribution in [0.15, 0.2) is 24.3 Å². The molecule has 0 saturated heterocycles. The van der Waals surface area contributed by atoms with E-state index in [1.54, 1.807) is 12.1 Å². The Kier molecular flexibility index (Phi) is 9.45. The quantitative estimate of drug-likeness (QED) is 0.161. The largest absolute Gasteiger partial charge is 0.460 e. The van der Waals surface area contributed by atoms with Crippen molar-refractivity contribution >= 4 is 5.97 Å². The minimum absolute atomic E-state index is 0.154. The lowest BCUT2D eigenvalue weighted by Crippen LogP contribution is -2.67. The number of esters is 1. The number of benzene rings is 1. The van der Waals surface area contributed by atoms with Crippen LogP contribution in [0.4, 0.5) is 48.3 Å². The van der Waals surface area contributed by atoms with Crippen molar-refractivity contribution in [1.82, 2.24) is 0 Å². The van der Waals surface area contributed by atoms with Crippen molar-refractivity contribution in [2.24, 2.45) is 17.8 Å². The van der Waals surface area contributed by atoms with Gasteiger partial charge in [0.1, 0.15) is 5.75 Å². The molecule has 13 heteroatoms. The van der Waals surface area contributed by atoms with Crippen molar-refractivity contribution in [3.05, 3.63) is 29.8 Å². The number of rotatable bonds is 9. The van der Waals surface area contributed by atoms with E-state index in [0.29, 0.717) is 5.92 Å². The zero-order valence-corrected chi connectivity index (χ0v) is 21.7. The van der Waals surface area contributed by atoms with Crippen LogP contribution in [-0.2, 0) is 4.79 Å². The van der Waals surface area contributed by atoms with Gasteiger partial charge in [-0.25, -0.2) is 0 Å². The molecule has 0 N–H and O–H groups in total. The molecule has 0 bridgehead atoms. The molecule has 0 atom stereocenters. The second-order valence-corrected chi connectivity index (χ2v) is 10.9. The summed E-state index contributed by atoms with van der Waals surface area (Å²) in [4.78, 5) is 12.5. The third-order valence-corrected chi connectivity index (χ3v) is 8.25. The molecule has 40 heavy (non-hydrogen) atoms. The van der Waals surface area contributed by atoms with E-state index in [9.17, 15) is 53.1 Å². The van der Waals surface area contributed by atoms with Crippen LogP contribution in [0.1, 0.15) is 82.6 Å². The van der Waals surface area contributed by atoms with E-state index in [0.717, 1.165) is 43.6 Å². The van der Waals surface area contributed by atoms with Crippen molar-refractivity contribution in [3.8, 4) is 5.75 Å². The molecule has 0 radical (unpaired) electrons. The highest BCUT2D eigenvalue weighted by molar-refractivity contribution is 5.75. The van der Waals surface area contributed by atoms with E-state index in [4.69, 9.17) is 4.74 Å². The van der Waals surface area contributed by atoms with Gasteiger partial charge in [-0.2, -0.15) is 48.3 Å². The zero-order chi connectivity index (χ0) is 30.1. The van der Waals surface area contributed by atoms with Gasteiger partial charge in [-0.1, -0.05) is 31.9 Å². The fourth-order valence-corrected chi connectivity index (χ4v) is 5.73. The summed E-state index contributed by atoms with van der Waals surface area (Å²) < 4.78 is 152. The first kappa shape index (κ1) is 32.4. The minimum atomic E-state index is -7.42. The molecule has 0 heterocycles. The lowest BCUT2D eigenvalue weighted by atomic mass is 9.76. The van der Waals surface area contributed by atoms with Gasteiger partial charge in [0.2, 0.25) is 0 Å². The summed E-state index contributed by atoms with van der Waals surface area (Å²) >= 11 is 0. The molecule has 0 aliphatic heterocycles. The van der Waals surface area contributed by atoms with Gasteiger partial charge in [0, 0.05) is 5.92 Å². The first-order valence-electron chi connectivity index (χ1n) is 13.3. The first-order chi connectivity index (χ1) is 18.4. The molecule has 228 valence electrons. The van der Waals surface area contributed by atoms with Gasteiger partial charge in [-0.3, -0.25) is 4.79 Å². The van der Waals surface area contributed by atoms with Gasteiger partial charge in [0.25, 0.3) is 0 Å². The molecule has 0 amide bonds. The van der Waals surface area contributed by atoms with Crippen LogP contribution in [-0.4, -0.2) is 35.8 Å². The van der Waals surface area contributed by atoms with E-state index in [1.807, 2.05) is 12.1 Å². The fourth-order valence-electron chi connectivity index (χ4n) is 5.73. The average Bonchev–Trinajstić information content (AvgIpc) is 2.89. The van der Waals surface area contributed by atoms with E-state index in [1.165, 1.54) is 6.42 Å². The topological polar surface area (TPSA) is 26.3 Å². The van der Waals surface area contributed by atoms with Gasteiger partial charge in [-0.15, -0.1) is 0 Å². The molecule has 3 rings (SSSR count). The zero-order valence-electron chi connectivity index (χ0n) is 21.7. The number of carbonyl (C=O) groups excluding carboxylic acids is 1. The highest BCUT2D eigenvalue weighted by Crippen LogP contribution is 2.60. The molecule has 2 saturated carbocycles. The number of hydrogen-bond acceptors (Lipinski definition) is 2. The number of hydrogen-bond donors (Lipinski definition) is 0. The smallest absolute Gasteiger partial charge is 0.426 e. The maximum absolute atomic E-state index is 14.4. The van der Waals surface area contributed by atoms with Gasteiger partial charge >= 0.3 is 35.8 Å². The van der Waals surface area contributed by atoms with Crippen LogP contribution in [0, 0.1) is 17.8 Å². The fraction of sp³-hybridized carbons (Fsp3) is 0.741. The highest BCUT2D eigenvalue weighted by atomic mass is 19.4. The summed E-state index contributed by atoms with van der Waals surface area (Å²) in [6.45, 7) is 2.15. The van der Waals surface area contributed by atoms with Gasteiger partial charge in [-0.05, 0) is 80.9 Å². The molecule has 1 aromatic carbocycles. The molecule has 2 nitrogen and oxygen atoms in total. The molecular formula is C27H31F11O2. The lowest BCUT2D eigenvalue weighted by Gasteiger charge is -2.41. The Hall–Kier alpha value is -2.08. The predicted molar refractivity (Wildman–Crippen MR) is 123 cm³/mol. The molecule has 0 aromatic heterocycles. The van der Waals surface area contributed by atoms with Crippen LogP contribution >= 0.6 is 0 Å². The Bertz CT molecular complexity index is 989. The van der Waals surface area contributed by atoms with E-state index in [2.05, 4.69) is 6.92 Å². The SMILES string of the molecule is CCCC1CCC(c2ccc(OC(=O)C3CCC(C(F)(F)C(F)(F)C(F)(F)C(F)(F)C(F)(F)F)CC3)cc2)CC1. The van der Waals surface area contributed by atoms with Gasteiger partial charge < -0.3 is 4.74 Å². The van der Waals surface area contributed by atoms with Crippen molar-refractivity contribution in [1.29, 1.82) is 0 Å². The number of ether oxygens (including phenoxy) is 1. The standard InChI is InChI=1S/C27H31F11O2/c1-2-3-16-4-6-17(7-5-16)18-10-14-21(15-11-18)40-22(39)19-8-12-20(13-9-19)23(28,29)24(30,31)25(32,33)26(34,35)27(36,37)38/h10-11,14-17,19-20H,2-9,12-13H2,1H3. The summed E-state index contributed by atoms with van der Waals surface area (Å²) in [6.07, 6.45) is -3.56. The Balaban J connectivity index is 1.58. The summed E-state index contributed by atoms with van der Waals surface area (Å²) in [5.41, 5.74) is 1.08. The Morgan fingerprint density at radius 3 is 1.73 bits per heavy atom. The highest BCUT2D eigenvalue weighted by Gasteiger charge is 2.87. The number of halogens is 11. The Labute approximate surface area is 224 Å². The number of carbonyl (C=O) groups is 1. The lowest BCUT2D eigenvalue weighted by molar-refractivity contribution is -0.427. The molecule has 2 aliphatic rings. The van der Waals surface area contributed by atoms with E-state index >= 15 is 0 Å². The monoisotopic (exact) mass is 596 g/mol. The van der Waals surface area contributed by atoms with Crippen molar-refractivity contribution in [2.45, 2.75) is 107 Å². The van der Waals surface area contributed by atoms with Crippen LogP contribution in [0.5, 0.6) is 5.75 Å². The normalized spacial score (nSPS) is 25.5. The van der Waals surface area contributed by atoms with Crippen molar-refractivity contribution < 1.29 is 57.8 Å². The molecule has 1 aromatic rings. The predicted octanol–water partition coefficient (Wildman–Crippen LogP) is 9.58. The second-order valence-electron chi connectivity index (χ2n) is 10.9. The molecule has 0 spiro atoms. The van der Waals surface area contributed by atoms with Crippen LogP contribution in [0.3, 0.4) is 0 Å². The first-order valence-corrected chi connectivity index (χ1v) is 13.3. The summed E-state index contributed by atoms with van der Waals surface area (Å²) in [6, 6.07) is 6.75. The van der Waals surface area contributed by atoms with Crippen molar-refractivity contribution in [2.75, 3.05) is 0 Å². The van der Waals surface area contributed by atoms with E-state index in [-0.39, 0.29) is 5.75 Å². The van der Waals surface area contributed by atoms with E-state index < -0.39 is 73.4 Å². The summed E-state index contributed by atoms with van der Waals surface area (Å²) in [7, 11) is 0.